The minimum atomic E-state index is -1.05. The summed E-state index contributed by atoms with van der Waals surface area (Å²) in [6.07, 6.45) is 0.445. The molecule has 8 heteroatoms. The molecular weight excluding hydrogens is 547 g/mol. The molecule has 0 radical (unpaired) electrons. The Labute approximate surface area is 250 Å². The molecule has 0 aliphatic heterocycles. The highest BCUT2D eigenvalue weighted by Crippen LogP contribution is 2.23. The van der Waals surface area contributed by atoms with Gasteiger partial charge >= 0.3 is 5.97 Å². The fraction of sp³-hybridized carbons (Fsp3) is 0.229. The van der Waals surface area contributed by atoms with Gasteiger partial charge in [0.15, 0.2) is 5.78 Å². The zero-order chi connectivity index (χ0) is 30.8. The minimum Gasteiger partial charge on any atom is -0.492 e. The summed E-state index contributed by atoms with van der Waals surface area (Å²) in [5.74, 6) is -1.25. The first kappa shape index (κ1) is 31.0. The number of rotatable bonds is 14. The number of hydrogen-bond donors (Lipinski definition) is 2. The molecule has 4 rings (SSSR count). The van der Waals surface area contributed by atoms with Crippen molar-refractivity contribution < 1.29 is 28.6 Å². The van der Waals surface area contributed by atoms with E-state index in [0.717, 1.165) is 5.56 Å². The molecule has 4 aromatic carbocycles. The van der Waals surface area contributed by atoms with Crippen LogP contribution in [0.15, 0.2) is 103 Å². The number of nitrogens with one attached hydrogen (secondary N) is 1. The molecule has 0 aliphatic carbocycles. The largest absolute Gasteiger partial charge is 0.492 e. The van der Waals surface area contributed by atoms with Crippen molar-refractivity contribution in [3.63, 3.8) is 0 Å². The van der Waals surface area contributed by atoms with Crippen molar-refractivity contribution >= 4 is 29.0 Å². The number of anilines is 2. The SMILES string of the molecule is CC(C)CC(=O)N(CCOc1ccc(CC(Nc2ccccc2C(=O)c2ccccc2)C(=O)O)cc1)c1ccccc1F. The molecule has 0 fully saturated rings. The zero-order valence-electron chi connectivity index (χ0n) is 24.2. The minimum absolute atomic E-state index is 0.122. The highest BCUT2D eigenvalue weighted by atomic mass is 19.1. The first-order valence-electron chi connectivity index (χ1n) is 14.2. The van der Waals surface area contributed by atoms with Crippen LogP contribution in [-0.2, 0) is 16.0 Å². The fourth-order valence-corrected chi connectivity index (χ4v) is 4.66. The average Bonchev–Trinajstić information content (AvgIpc) is 3.00. The summed E-state index contributed by atoms with van der Waals surface area (Å²) in [6, 6.07) is 27.9. The summed E-state index contributed by atoms with van der Waals surface area (Å²) in [6.45, 7) is 4.18. The van der Waals surface area contributed by atoms with E-state index in [-0.39, 0.29) is 49.3 Å². The Bertz CT molecular complexity index is 1540. The average molecular weight is 583 g/mol. The smallest absolute Gasteiger partial charge is 0.326 e. The number of carbonyl (C=O) groups is 3. The molecule has 2 N–H and O–H groups in total. The lowest BCUT2D eigenvalue weighted by Crippen LogP contribution is -2.36. The highest BCUT2D eigenvalue weighted by molar-refractivity contribution is 6.12. The van der Waals surface area contributed by atoms with Crippen molar-refractivity contribution in [3.05, 3.63) is 126 Å². The fourth-order valence-electron chi connectivity index (χ4n) is 4.66. The third-order valence-electron chi connectivity index (χ3n) is 6.81. The van der Waals surface area contributed by atoms with Crippen LogP contribution in [0.25, 0.3) is 0 Å². The number of benzene rings is 4. The number of hydrogen-bond acceptors (Lipinski definition) is 5. The normalized spacial score (nSPS) is 11.5. The van der Waals surface area contributed by atoms with E-state index in [1.165, 1.54) is 11.0 Å². The maximum absolute atomic E-state index is 14.5. The maximum Gasteiger partial charge on any atom is 0.326 e. The van der Waals surface area contributed by atoms with Gasteiger partial charge in [0.05, 0.1) is 12.2 Å². The number of aliphatic carboxylic acids is 1. The molecule has 0 aromatic heterocycles. The Morgan fingerprint density at radius 2 is 1.51 bits per heavy atom. The van der Waals surface area contributed by atoms with E-state index in [2.05, 4.69) is 5.32 Å². The molecule has 1 atom stereocenters. The Morgan fingerprint density at radius 1 is 0.860 bits per heavy atom. The molecule has 43 heavy (non-hydrogen) atoms. The summed E-state index contributed by atoms with van der Waals surface area (Å²) in [5.41, 5.74) is 2.31. The molecule has 4 aromatic rings. The Kier molecular flexibility index (Phi) is 10.6. The third kappa shape index (κ3) is 8.52. The van der Waals surface area contributed by atoms with Gasteiger partial charge < -0.3 is 20.1 Å². The summed E-state index contributed by atoms with van der Waals surface area (Å²) in [7, 11) is 0. The number of ether oxygens (including phenoxy) is 1. The maximum atomic E-state index is 14.5. The predicted molar refractivity (Wildman–Crippen MR) is 165 cm³/mol. The molecule has 7 nitrogen and oxygen atoms in total. The van der Waals surface area contributed by atoms with Crippen molar-refractivity contribution in [2.45, 2.75) is 32.7 Å². The molecule has 0 heterocycles. The number of carboxylic acid groups (broad SMARTS) is 1. The van der Waals surface area contributed by atoms with E-state index in [1.54, 1.807) is 91.0 Å². The second kappa shape index (κ2) is 14.8. The van der Waals surface area contributed by atoms with Gasteiger partial charge in [0, 0.05) is 29.7 Å². The number of halogens is 1. The number of carboxylic acids is 1. The van der Waals surface area contributed by atoms with Crippen LogP contribution in [-0.4, -0.2) is 42.0 Å². The second-order valence-corrected chi connectivity index (χ2v) is 10.6. The molecule has 0 aliphatic rings. The van der Waals surface area contributed by atoms with Crippen LogP contribution in [0.4, 0.5) is 15.8 Å². The number of ketones is 1. The van der Waals surface area contributed by atoms with Crippen molar-refractivity contribution in [2.75, 3.05) is 23.4 Å². The summed E-state index contributed by atoms with van der Waals surface area (Å²) in [5, 5.41) is 13.0. The molecule has 0 saturated carbocycles. The highest BCUT2D eigenvalue weighted by Gasteiger charge is 2.22. The first-order chi connectivity index (χ1) is 20.7. The van der Waals surface area contributed by atoms with Gasteiger partial charge in [0.25, 0.3) is 0 Å². The number of para-hydroxylation sites is 2. The first-order valence-corrected chi connectivity index (χ1v) is 14.2. The van der Waals surface area contributed by atoms with Crippen LogP contribution >= 0.6 is 0 Å². The summed E-state index contributed by atoms with van der Waals surface area (Å²) < 4.78 is 20.3. The summed E-state index contributed by atoms with van der Waals surface area (Å²) in [4.78, 5) is 39.5. The summed E-state index contributed by atoms with van der Waals surface area (Å²) >= 11 is 0. The van der Waals surface area contributed by atoms with E-state index < -0.39 is 17.8 Å². The molecule has 0 spiro atoms. The van der Waals surface area contributed by atoms with Crippen molar-refractivity contribution in [1.29, 1.82) is 0 Å². The topological polar surface area (TPSA) is 95.9 Å². The molecule has 1 unspecified atom stereocenters. The van der Waals surface area contributed by atoms with E-state index in [9.17, 15) is 23.9 Å². The van der Waals surface area contributed by atoms with Gasteiger partial charge in [-0.15, -0.1) is 0 Å². The predicted octanol–water partition coefficient (Wildman–Crippen LogP) is 6.62. The number of amides is 1. The van der Waals surface area contributed by atoms with Crippen molar-refractivity contribution in [3.8, 4) is 5.75 Å². The molecule has 222 valence electrons. The van der Waals surface area contributed by atoms with Gasteiger partial charge in [-0.05, 0) is 47.9 Å². The van der Waals surface area contributed by atoms with Crippen LogP contribution in [0.2, 0.25) is 0 Å². The van der Waals surface area contributed by atoms with Crippen LogP contribution in [0.3, 0.4) is 0 Å². The van der Waals surface area contributed by atoms with Gasteiger partial charge in [-0.1, -0.05) is 80.6 Å². The monoisotopic (exact) mass is 582 g/mol. The molecular formula is C35H35FN2O5. The van der Waals surface area contributed by atoms with Crippen LogP contribution < -0.4 is 15.0 Å². The Balaban J connectivity index is 1.40. The lowest BCUT2D eigenvalue weighted by molar-refractivity contribution is -0.137. The van der Waals surface area contributed by atoms with Gasteiger partial charge in [-0.25, -0.2) is 9.18 Å². The number of nitrogens with zero attached hydrogens (tertiary/aromatic N) is 1. The van der Waals surface area contributed by atoms with Gasteiger partial charge in [0.1, 0.15) is 24.2 Å². The molecule has 0 bridgehead atoms. The standard InChI is InChI=1S/C35H35FN2O5/c1-24(2)22-33(39)38(32-15-9-7-13-29(32)36)20-21-43-27-18-16-25(17-19-27)23-31(35(41)42)37-30-14-8-6-12-28(30)34(40)26-10-4-3-5-11-26/h3-19,24,31,37H,20-23H2,1-2H3,(H,41,42). The quantitative estimate of drug-likeness (QED) is 0.162. The van der Waals surface area contributed by atoms with E-state index in [1.807, 2.05) is 19.9 Å². The lowest BCUT2D eigenvalue weighted by Gasteiger charge is -2.24. The Morgan fingerprint density at radius 3 is 2.19 bits per heavy atom. The zero-order valence-corrected chi connectivity index (χ0v) is 24.2. The van der Waals surface area contributed by atoms with Crippen LogP contribution in [0.5, 0.6) is 5.75 Å². The van der Waals surface area contributed by atoms with E-state index in [0.29, 0.717) is 22.6 Å². The van der Waals surface area contributed by atoms with Gasteiger partial charge in [0.2, 0.25) is 5.91 Å². The Hall–Kier alpha value is -4.98. The van der Waals surface area contributed by atoms with Crippen molar-refractivity contribution in [1.82, 2.24) is 0 Å². The van der Waals surface area contributed by atoms with Crippen LogP contribution in [0, 0.1) is 11.7 Å². The number of carbonyl (C=O) groups excluding carboxylic acids is 2. The van der Waals surface area contributed by atoms with Crippen molar-refractivity contribution in [2.24, 2.45) is 5.92 Å². The second-order valence-electron chi connectivity index (χ2n) is 10.6. The third-order valence-corrected chi connectivity index (χ3v) is 6.81. The van der Waals surface area contributed by atoms with Gasteiger partial charge in [-0.2, -0.15) is 0 Å². The van der Waals surface area contributed by atoms with Crippen LogP contribution in [0.1, 0.15) is 41.8 Å². The van der Waals surface area contributed by atoms with Gasteiger partial charge in [-0.3, -0.25) is 9.59 Å². The molecule has 0 saturated heterocycles. The lowest BCUT2D eigenvalue weighted by atomic mass is 10.00. The molecule has 1 amide bonds. The van der Waals surface area contributed by atoms with E-state index in [4.69, 9.17) is 4.74 Å². The van der Waals surface area contributed by atoms with E-state index >= 15 is 0 Å².